The number of aryl methyl sites for hydroxylation is 1. The maximum Gasteiger partial charge on any atom is 0.309 e. The maximum atomic E-state index is 13.0. The smallest absolute Gasteiger partial charge is 0.309 e. The molecule has 4 rings (SSSR count). The number of carbonyl (C=O) groups is 2. The molecule has 1 saturated heterocycles. The van der Waals surface area contributed by atoms with Crippen molar-refractivity contribution in [2.45, 2.75) is 58.0 Å². The van der Waals surface area contributed by atoms with Gasteiger partial charge in [-0.1, -0.05) is 29.8 Å². The minimum Gasteiger partial charge on any atom is -0.481 e. The van der Waals surface area contributed by atoms with Gasteiger partial charge < -0.3 is 15.2 Å². The second-order valence-corrected chi connectivity index (χ2v) is 8.86. The molecule has 5 heteroatoms. The highest BCUT2D eigenvalue weighted by Crippen LogP contribution is 2.61. The summed E-state index contributed by atoms with van der Waals surface area (Å²) >= 11 is 0. The van der Waals surface area contributed by atoms with E-state index in [4.69, 9.17) is 4.74 Å². The summed E-state index contributed by atoms with van der Waals surface area (Å²) in [6.45, 7) is 3.43. The van der Waals surface area contributed by atoms with Gasteiger partial charge in [-0.15, -0.1) is 0 Å². The SMILES string of the molecule is Cc1ccc(C2OCCCC2CNC(=O)C23CCC(C(=O)O)(CC2)C3)cc1. The number of benzene rings is 1. The number of amides is 1. The fourth-order valence-electron chi connectivity index (χ4n) is 5.39. The minimum atomic E-state index is -0.727. The molecule has 5 nitrogen and oxygen atoms in total. The molecule has 0 aromatic heterocycles. The molecule has 2 aliphatic carbocycles. The molecule has 1 aromatic rings. The van der Waals surface area contributed by atoms with Crippen LogP contribution in [0, 0.1) is 23.7 Å². The quantitative estimate of drug-likeness (QED) is 0.829. The molecule has 2 unspecified atom stereocenters. The van der Waals surface area contributed by atoms with Crippen LogP contribution in [-0.2, 0) is 14.3 Å². The number of aliphatic carboxylic acids is 1. The molecule has 1 amide bonds. The van der Waals surface area contributed by atoms with Crippen LogP contribution in [0.3, 0.4) is 0 Å². The third-order valence-electron chi connectivity index (χ3n) is 7.15. The fraction of sp³-hybridized carbons (Fsp3) is 0.636. The molecule has 2 N–H and O–H groups in total. The van der Waals surface area contributed by atoms with Crippen LogP contribution in [0.4, 0.5) is 0 Å². The lowest BCUT2D eigenvalue weighted by Crippen LogP contribution is -2.42. The number of carboxylic acid groups (broad SMARTS) is 1. The number of carboxylic acids is 1. The summed E-state index contributed by atoms with van der Waals surface area (Å²) in [5, 5.41) is 12.7. The highest BCUT2D eigenvalue weighted by atomic mass is 16.5. The van der Waals surface area contributed by atoms with Gasteiger partial charge in [0.1, 0.15) is 0 Å². The molecule has 1 heterocycles. The Morgan fingerprint density at radius 1 is 1.15 bits per heavy atom. The number of carbonyl (C=O) groups excluding carboxylic acids is 1. The third kappa shape index (κ3) is 3.27. The van der Waals surface area contributed by atoms with E-state index in [1.165, 1.54) is 11.1 Å². The van der Waals surface area contributed by atoms with Gasteiger partial charge in [0.05, 0.1) is 16.9 Å². The zero-order valence-electron chi connectivity index (χ0n) is 16.0. The van der Waals surface area contributed by atoms with Gasteiger partial charge in [0.2, 0.25) is 5.91 Å². The van der Waals surface area contributed by atoms with Gasteiger partial charge in [0.15, 0.2) is 0 Å². The molecule has 0 spiro atoms. The van der Waals surface area contributed by atoms with Gasteiger partial charge in [-0.05, 0) is 57.4 Å². The number of rotatable bonds is 5. The molecule has 0 radical (unpaired) electrons. The Labute approximate surface area is 160 Å². The Kier molecular flexibility index (Phi) is 4.75. The van der Waals surface area contributed by atoms with E-state index in [0.717, 1.165) is 19.4 Å². The predicted molar refractivity (Wildman–Crippen MR) is 101 cm³/mol. The lowest BCUT2D eigenvalue weighted by Gasteiger charge is -2.33. The van der Waals surface area contributed by atoms with E-state index in [1.54, 1.807) is 0 Å². The van der Waals surface area contributed by atoms with Crippen LogP contribution in [0.25, 0.3) is 0 Å². The molecular weight excluding hydrogens is 342 g/mol. The van der Waals surface area contributed by atoms with E-state index >= 15 is 0 Å². The number of ether oxygens (including phenoxy) is 1. The molecule has 2 atom stereocenters. The first-order valence-electron chi connectivity index (χ1n) is 10.1. The largest absolute Gasteiger partial charge is 0.481 e. The van der Waals surface area contributed by atoms with Crippen molar-refractivity contribution in [2.75, 3.05) is 13.2 Å². The lowest BCUT2D eigenvalue weighted by atomic mass is 9.81. The summed E-state index contributed by atoms with van der Waals surface area (Å²) in [5.74, 6) is -0.417. The second-order valence-electron chi connectivity index (χ2n) is 8.86. The first-order valence-corrected chi connectivity index (χ1v) is 10.1. The van der Waals surface area contributed by atoms with E-state index in [2.05, 4.69) is 36.5 Å². The fourth-order valence-corrected chi connectivity index (χ4v) is 5.39. The number of hydrogen-bond donors (Lipinski definition) is 2. The van der Waals surface area contributed by atoms with Gasteiger partial charge in [-0.25, -0.2) is 0 Å². The van der Waals surface area contributed by atoms with E-state index in [9.17, 15) is 14.7 Å². The molecular formula is C22H29NO4. The van der Waals surface area contributed by atoms with E-state index in [1.807, 2.05) is 0 Å². The molecule has 3 aliphatic rings. The van der Waals surface area contributed by atoms with Crippen molar-refractivity contribution in [3.63, 3.8) is 0 Å². The normalized spacial score (nSPS) is 35.1. The first kappa shape index (κ1) is 18.5. The molecule has 2 saturated carbocycles. The van der Waals surface area contributed by atoms with Crippen molar-refractivity contribution in [3.8, 4) is 0 Å². The standard InChI is InChI=1S/C22H29NO4/c1-15-4-6-16(7-5-15)18-17(3-2-12-27-18)13-23-19(24)21-8-10-22(14-21,11-9-21)20(25)26/h4-7,17-18H,2-3,8-14H2,1H3,(H,23,24)(H,25,26). The zero-order valence-corrected chi connectivity index (χ0v) is 16.0. The van der Waals surface area contributed by atoms with E-state index in [0.29, 0.717) is 38.6 Å². The van der Waals surface area contributed by atoms with E-state index < -0.39 is 16.8 Å². The minimum absolute atomic E-state index is 0.0161. The van der Waals surface area contributed by atoms with Crippen molar-refractivity contribution < 1.29 is 19.4 Å². The van der Waals surface area contributed by atoms with Crippen molar-refractivity contribution in [1.82, 2.24) is 5.32 Å². The van der Waals surface area contributed by atoms with Crippen LogP contribution < -0.4 is 5.32 Å². The van der Waals surface area contributed by atoms with Crippen molar-refractivity contribution in [2.24, 2.45) is 16.7 Å². The Hall–Kier alpha value is -1.88. The van der Waals surface area contributed by atoms with Gasteiger partial charge in [0, 0.05) is 19.1 Å². The Bertz CT molecular complexity index is 718. The lowest BCUT2D eigenvalue weighted by molar-refractivity contribution is -0.148. The van der Waals surface area contributed by atoms with Crippen molar-refractivity contribution in [3.05, 3.63) is 35.4 Å². The summed E-state index contributed by atoms with van der Waals surface area (Å²) in [4.78, 5) is 24.6. The number of nitrogens with one attached hydrogen (secondary N) is 1. The van der Waals surface area contributed by atoms with Gasteiger partial charge in [-0.2, -0.15) is 0 Å². The number of hydrogen-bond acceptors (Lipinski definition) is 3. The molecule has 1 aromatic carbocycles. The topological polar surface area (TPSA) is 75.6 Å². The monoisotopic (exact) mass is 371 g/mol. The van der Waals surface area contributed by atoms with Crippen LogP contribution in [0.15, 0.2) is 24.3 Å². The van der Waals surface area contributed by atoms with Gasteiger partial charge in [-0.3, -0.25) is 9.59 Å². The molecule has 3 fully saturated rings. The molecule has 27 heavy (non-hydrogen) atoms. The second kappa shape index (κ2) is 6.93. The number of fused-ring (bicyclic) bond motifs is 2. The van der Waals surface area contributed by atoms with Crippen molar-refractivity contribution in [1.29, 1.82) is 0 Å². The maximum absolute atomic E-state index is 13.0. The molecule has 146 valence electrons. The third-order valence-corrected chi connectivity index (χ3v) is 7.15. The Morgan fingerprint density at radius 2 is 1.81 bits per heavy atom. The zero-order chi connectivity index (χ0) is 19.1. The Morgan fingerprint density at radius 3 is 2.44 bits per heavy atom. The van der Waals surface area contributed by atoms with Crippen LogP contribution >= 0.6 is 0 Å². The van der Waals surface area contributed by atoms with Gasteiger partial charge in [0.25, 0.3) is 0 Å². The van der Waals surface area contributed by atoms with Crippen LogP contribution in [0.5, 0.6) is 0 Å². The summed E-state index contributed by atoms with van der Waals surface area (Å²) in [7, 11) is 0. The van der Waals surface area contributed by atoms with Crippen molar-refractivity contribution >= 4 is 11.9 Å². The van der Waals surface area contributed by atoms with Crippen LogP contribution in [0.2, 0.25) is 0 Å². The average molecular weight is 371 g/mol. The molecule has 1 aliphatic heterocycles. The molecule has 2 bridgehead atoms. The van der Waals surface area contributed by atoms with Crippen LogP contribution in [0.1, 0.15) is 62.2 Å². The summed E-state index contributed by atoms with van der Waals surface area (Å²) in [5.41, 5.74) is 1.27. The highest BCUT2D eigenvalue weighted by molar-refractivity contribution is 5.87. The summed E-state index contributed by atoms with van der Waals surface area (Å²) in [6, 6.07) is 8.44. The highest BCUT2D eigenvalue weighted by Gasteiger charge is 2.61. The van der Waals surface area contributed by atoms with Gasteiger partial charge >= 0.3 is 5.97 Å². The average Bonchev–Trinajstić information content (AvgIpc) is 3.26. The summed E-state index contributed by atoms with van der Waals surface area (Å²) < 4.78 is 6.05. The predicted octanol–water partition coefficient (Wildman–Crippen LogP) is 3.61. The summed E-state index contributed by atoms with van der Waals surface area (Å²) in [6.07, 6.45) is 5.23. The first-order chi connectivity index (χ1) is 12.9. The van der Waals surface area contributed by atoms with Crippen LogP contribution in [-0.4, -0.2) is 30.1 Å². The van der Waals surface area contributed by atoms with E-state index in [-0.39, 0.29) is 17.9 Å². The Balaban J connectivity index is 1.41.